The van der Waals surface area contributed by atoms with Crippen LogP contribution in [-0.4, -0.2) is 5.91 Å². The Morgan fingerprint density at radius 1 is 1.05 bits per heavy atom. The Balaban J connectivity index is 1.96. The highest BCUT2D eigenvalue weighted by molar-refractivity contribution is 14.1. The molecule has 0 aliphatic heterocycles. The van der Waals surface area contributed by atoms with Gasteiger partial charge in [0.25, 0.3) is 5.91 Å². The quantitative estimate of drug-likeness (QED) is 0.679. The molecule has 5 heteroatoms. The molecule has 3 rings (SSSR count). The highest BCUT2D eigenvalue weighted by Crippen LogP contribution is 2.15. The van der Waals surface area contributed by atoms with Gasteiger partial charge < -0.3 is 9.73 Å². The highest BCUT2D eigenvalue weighted by Gasteiger charge is 2.12. The van der Waals surface area contributed by atoms with Crippen molar-refractivity contribution < 1.29 is 9.21 Å². The van der Waals surface area contributed by atoms with Crippen molar-refractivity contribution in [1.29, 1.82) is 0 Å². The summed E-state index contributed by atoms with van der Waals surface area (Å²) in [7, 11) is 0. The summed E-state index contributed by atoms with van der Waals surface area (Å²) in [5.41, 5.74) is 0.824. The lowest BCUT2D eigenvalue weighted by Gasteiger charge is -2.05. The molecule has 1 heterocycles. The summed E-state index contributed by atoms with van der Waals surface area (Å²) >= 11 is 2.16. The number of nitrogens with one attached hydrogen (secondary N) is 1. The fourth-order valence-electron chi connectivity index (χ4n) is 1.97. The van der Waals surface area contributed by atoms with Crippen molar-refractivity contribution in [3.8, 4) is 0 Å². The van der Waals surface area contributed by atoms with Gasteiger partial charge in [-0.05, 0) is 52.9 Å². The zero-order valence-corrected chi connectivity index (χ0v) is 13.0. The second-order valence-corrected chi connectivity index (χ2v) is 5.68. The third-order valence-corrected chi connectivity index (χ3v) is 3.61. The van der Waals surface area contributed by atoms with Gasteiger partial charge in [0.05, 0.1) is 5.39 Å². The minimum atomic E-state index is -0.445. The molecule has 0 saturated carbocycles. The third kappa shape index (κ3) is 2.97. The third-order valence-electron chi connectivity index (χ3n) is 2.94. The van der Waals surface area contributed by atoms with Crippen molar-refractivity contribution in [2.75, 3.05) is 5.32 Å². The Morgan fingerprint density at radius 3 is 2.67 bits per heavy atom. The molecule has 0 saturated heterocycles. The summed E-state index contributed by atoms with van der Waals surface area (Å²) in [5, 5.41) is 3.18. The topological polar surface area (TPSA) is 59.3 Å². The van der Waals surface area contributed by atoms with Crippen LogP contribution >= 0.6 is 22.6 Å². The Labute approximate surface area is 133 Å². The smallest absolute Gasteiger partial charge is 0.291 e. The molecule has 2 aromatic carbocycles. The Kier molecular flexibility index (Phi) is 3.74. The summed E-state index contributed by atoms with van der Waals surface area (Å²) in [5.74, 6) is -0.447. The molecule has 0 atom stereocenters. The van der Waals surface area contributed by atoms with Crippen LogP contribution in [0.15, 0.2) is 63.8 Å². The van der Waals surface area contributed by atoms with Gasteiger partial charge in [-0.2, -0.15) is 0 Å². The fourth-order valence-corrected chi connectivity index (χ4v) is 2.52. The number of benzene rings is 2. The second kappa shape index (κ2) is 5.69. The normalized spacial score (nSPS) is 10.5. The maximum absolute atomic E-state index is 12.2. The average molecular weight is 391 g/mol. The maximum atomic E-state index is 12.2. The molecule has 4 nitrogen and oxygen atoms in total. The van der Waals surface area contributed by atoms with E-state index >= 15 is 0 Å². The fraction of sp³-hybridized carbons (Fsp3) is 0. The van der Waals surface area contributed by atoms with E-state index in [2.05, 4.69) is 27.9 Å². The predicted molar refractivity (Wildman–Crippen MR) is 89.6 cm³/mol. The minimum absolute atomic E-state index is 0.00226. The zero-order valence-electron chi connectivity index (χ0n) is 10.8. The van der Waals surface area contributed by atoms with Crippen LogP contribution in [0.2, 0.25) is 0 Å². The van der Waals surface area contributed by atoms with Crippen LogP contribution in [-0.2, 0) is 0 Å². The van der Waals surface area contributed by atoms with Gasteiger partial charge >= 0.3 is 0 Å². The first kappa shape index (κ1) is 13.8. The van der Waals surface area contributed by atoms with Crippen LogP contribution in [0.5, 0.6) is 0 Å². The first-order valence-corrected chi connectivity index (χ1v) is 7.31. The summed E-state index contributed by atoms with van der Waals surface area (Å²) in [6.45, 7) is 0. The standard InChI is InChI=1S/C16H10INO3/c17-10-4-3-5-11(8-10)18-16(20)15-9-13(19)12-6-1-2-7-14(12)21-15/h1-9H,(H,18,20). The number of carbonyl (C=O) groups is 1. The van der Waals surface area contributed by atoms with Crippen molar-refractivity contribution in [3.05, 3.63) is 74.2 Å². The summed E-state index contributed by atoms with van der Waals surface area (Å²) < 4.78 is 6.50. The van der Waals surface area contributed by atoms with E-state index in [0.29, 0.717) is 16.7 Å². The number of halogens is 1. The number of para-hydroxylation sites is 1. The molecule has 0 radical (unpaired) electrons. The molecule has 0 spiro atoms. The minimum Gasteiger partial charge on any atom is -0.451 e. The number of hydrogen-bond acceptors (Lipinski definition) is 3. The first-order valence-electron chi connectivity index (χ1n) is 6.23. The Hall–Kier alpha value is -2.15. The van der Waals surface area contributed by atoms with E-state index in [9.17, 15) is 9.59 Å². The van der Waals surface area contributed by atoms with Gasteiger partial charge in [0.1, 0.15) is 5.58 Å². The van der Waals surface area contributed by atoms with E-state index in [1.165, 1.54) is 6.07 Å². The molecule has 21 heavy (non-hydrogen) atoms. The van der Waals surface area contributed by atoms with Gasteiger partial charge in [-0.3, -0.25) is 9.59 Å². The molecule has 0 unspecified atom stereocenters. The highest BCUT2D eigenvalue weighted by atomic mass is 127. The number of fused-ring (bicyclic) bond motifs is 1. The second-order valence-electron chi connectivity index (χ2n) is 4.44. The molecule has 3 aromatic rings. The molecule has 0 fully saturated rings. The molecular weight excluding hydrogens is 381 g/mol. The van der Waals surface area contributed by atoms with Gasteiger partial charge in [-0.1, -0.05) is 18.2 Å². The number of hydrogen-bond donors (Lipinski definition) is 1. The SMILES string of the molecule is O=C(Nc1cccc(I)c1)c1cc(=O)c2ccccc2o1. The Morgan fingerprint density at radius 2 is 1.86 bits per heavy atom. The van der Waals surface area contributed by atoms with Gasteiger partial charge in [0.15, 0.2) is 11.2 Å². The number of amides is 1. The van der Waals surface area contributed by atoms with Gasteiger partial charge in [-0.15, -0.1) is 0 Å². The monoisotopic (exact) mass is 391 g/mol. The first-order chi connectivity index (χ1) is 10.1. The molecular formula is C16H10INO3. The van der Waals surface area contributed by atoms with E-state index in [1.54, 1.807) is 30.3 Å². The average Bonchev–Trinajstić information content (AvgIpc) is 2.47. The van der Waals surface area contributed by atoms with Gasteiger partial charge in [0, 0.05) is 15.3 Å². The lowest BCUT2D eigenvalue weighted by molar-refractivity contribution is 0.0997. The van der Waals surface area contributed by atoms with Gasteiger partial charge in [0.2, 0.25) is 0 Å². The van der Waals surface area contributed by atoms with E-state index in [-0.39, 0.29) is 11.2 Å². The predicted octanol–water partition coefficient (Wildman–Crippen LogP) is 3.65. The van der Waals surface area contributed by atoms with Crippen molar-refractivity contribution in [2.24, 2.45) is 0 Å². The molecule has 1 amide bonds. The number of anilines is 1. The molecule has 1 N–H and O–H groups in total. The van der Waals surface area contributed by atoms with Crippen molar-refractivity contribution >= 4 is 45.2 Å². The molecule has 0 aliphatic rings. The van der Waals surface area contributed by atoms with Crippen LogP contribution in [0.25, 0.3) is 11.0 Å². The summed E-state index contributed by atoms with van der Waals surface area (Å²) in [4.78, 5) is 24.1. The zero-order chi connectivity index (χ0) is 14.8. The van der Waals surface area contributed by atoms with E-state index < -0.39 is 5.91 Å². The largest absolute Gasteiger partial charge is 0.451 e. The van der Waals surface area contributed by atoms with Crippen LogP contribution < -0.4 is 10.7 Å². The summed E-state index contributed by atoms with van der Waals surface area (Å²) in [6.07, 6.45) is 0. The molecule has 1 aromatic heterocycles. The van der Waals surface area contributed by atoms with Crippen molar-refractivity contribution in [1.82, 2.24) is 0 Å². The van der Waals surface area contributed by atoms with E-state index in [0.717, 1.165) is 3.57 Å². The molecule has 0 bridgehead atoms. The lowest BCUT2D eigenvalue weighted by atomic mass is 10.2. The molecule has 0 aliphatic carbocycles. The van der Waals surface area contributed by atoms with Gasteiger partial charge in [-0.25, -0.2) is 0 Å². The summed E-state index contributed by atoms with van der Waals surface area (Å²) in [6, 6.07) is 15.4. The Bertz CT molecular complexity index is 886. The van der Waals surface area contributed by atoms with Crippen molar-refractivity contribution in [2.45, 2.75) is 0 Å². The van der Waals surface area contributed by atoms with E-state index in [4.69, 9.17) is 4.42 Å². The maximum Gasteiger partial charge on any atom is 0.291 e. The van der Waals surface area contributed by atoms with Crippen molar-refractivity contribution in [3.63, 3.8) is 0 Å². The number of carbonyl (C=O) groups excluding carboxylic acids is 1. The van der Waals surface area contributed by atoms with Crippen LogP contribution in [0.1, 0.15) is 10.6 Å². The number of rotatable bonds is 2. The van der Waals surface area contributed by atoms with Crippen LogP contribution in [0, 0.1) is 3.57 Å². The van der Waals surface area contributed by atoms with Crippen LogP contribution in [0.4, 0.5) is 5.69 Å². The lowest BCUT2D eigenvalue weighted by Crippen LogP contribution is -2.15. The van der Waals surface area contributed by atoms with E-state index in [1.807, 2.05) is 18.2 Å². The van der Waals surface area contributed by atoms with Crippen LogP contribution in [0.3, 0.4) is 0 Å². The molecule has 104 valence electrons.